The molecule has 0 saturated carbocycles. The summed E-state index contributed by atoms with van der Waals surface area (Å²) in [5.41, 5.74) is 0.412. The standard InChI is InChI=1S/C13H23N2O3.ClH/c1-11(2)13(17)18-9-8-15(3,4)10-14-7-5-6-12(14)16;/h1,5-10H2,2-4H3;1H/q+1;/p-1. The Labute approximate surface area is 121 Å². The first-order valence-corrected chi connectivity index (χ1v) is 6.24. The van der Waals surface area contributed by atoms with E-state index in [1.54, 1.807) is 6.92 Å². The first-order valence-electron chi connectivity index (χ1n) is 6.24. The predicted molar refractivity (Wildman–Crippen MR) is 68.6 cm³/mol. The molecule has 1 aliphatic heterocycles. The fraction of sp³-hybridized carbons (Fsp3) is 0.692. The highest BCUT2D eigenvalue weighted by molar-refractivity contribution is 5.86. The SMILES string of the molecule is C=C(C)C(=O)OCC[N+](C)(C)CN1CCCC1=O.[Cl-]. The molecule has 19 heavy (non-hydrogen) atoms. The second-order valence-electron chi connectivity index (χ2n) is 5.48. The summed E-state index contributed by atoms with van der Waals surface area (Å²) in [5, 5.41) is 0. The molecule has 0 bridgehead atoms. The van der Waals surface area contributed by atoms with E-state index in [0.717, 1.165) is 13.0 Å². The van der Waals surface area contributed by atoms with Crippen molar-refractivity contribution < 1.29 is 31.2 Å². The highest BCUT2D eigenvalue weighted by Gasteiger charge is 2.27. The number of halogens is 1. The number of amides is 1. The maximum Gasteiger partial charge on any atom is 0.333 e. The van der Waals surface area contributed by atoms with Crippen molar-refractivity contribution in [2.45, 2.75) is 19.8 Å². The van der Waals surface area contributed by atoms with Gasteiger partial charge in [-0.15, -0.1) is 0 Å². The van der Waals surface area contributed by atoms with Gasteiger partial charge in [-0.2, -0.15) is 0 Å². The average molecular weight is 291 g/mol. The molecule has 0 unspecified atom stereocenters. The predicted octanol–water partition coefficient (Wildman–Crippen LogP) is -2.23. The lowest BCUT2D eigenvalue weighted by molar-refractivity contribution is -0.898. The quantitative estimate of drug-likeness (QED) is 0.316. The lowest BCUT2D eigenvalue weighted by atomic mass is 10.4. The Morgan fingerprint density at radius 1 is 1.47 bits per heavy atom. The Bertz CT molecular complexity index is 356. The smallest absolute Gasteiger partial charge is 0.333 e. The number of quaternary nitrogens is 1. The van der Waals surface area contributed by atoms with Gasteiger partial charge in [-0.05, 0) is 13.3 Å². The molecule has 1 fully saturated rings. The Morgan fingerprint density at radius 2 is 2.11 bits per heavy atom. The minimum absolute atomic E-state index is 0. The number of likely N-dealkylation sites (N-methyl/N-ethyl adjacent to an activating group) is 1. The van der Waals surface area contributed by atoms with Gasteiger partial charge in [0.05, 0.1) is 14.1 Å². The Hall–Kier alpha value is -1.07. The number of hydrogen-bond acceptors (Lipinski definition) is 3. The van der Waals surface area contributed by atoms with Gasteiger partial charge in [-0.3, -0.25) is 9.69 Å². The van der Waals surface area contributed by atoms with Gasteiger partial charge in [0.2, 0.25) is 5.91 Å². The second kappa shape index (κ2) is 7.50. The van der Waals surface area contributed by atoms with Crippen LogP contribution in [0.2, 0.25) is 0 Å². The minimum atomic E-state index is -0.354. The summed E-state index contributed by atoms with van der Waals surface area (Å²) in [7, 11) is 4.06. The van der Waals surface area contributed by atoms with E-state index in [-0.39, 0.29) is 24.3 Å². The van der Waals surface area contributed by atoms with Gasteiger partial charge in [-0.1, -0.05) is 6.58 Å². The van der Waals surface area contributed by atoms with Crippen LogP contribution in [0.1, 0.15) is 19.8 Å². The molecule has 0 aromatic carbocycles. The van der Waals surface area contributed by atoms with Crippen LogP contribution in [-0.2, 0) is 14.3 Å². The summed E-state index contributed by atoms with van der Waals surface area (Å²) in [6, 6.07) is 0. The molecular formula is C13H23ClN2O3. The molecule has 1 aliphatic rings. The van der Waals surface area contributed by atoms with E-state index in [0.29, 0.717) is 36.3 Å². The zero-order valence-corrected chi connectivity index (χ0v) is 12.7. The van der Waals surface area contributed by atoms with Crippen LogP contribution >= 0.6 is 0 Å². The number of hydrogen-bond donors (Lipinski definition) is 0. The Balaban J connectivity index is 0.00000324. The highest BCUT2D eigenvalue weighted by atomic mass is 35.5. The van der Waals surface area contributed by atoms with E-state index in [4.69, 9.17) is 4.74 Å². The second-order valence-corrected chi connectivity index (χ2v) is 5.48. The van der Waals surface area contributed by atoms with Crippen LogP contribution in [0.25, 0.3) is 0 Å². The van der Waals surface area contributed by atoms with Gasteiger partial charge in [-0.25, -0.2) is 4.79 Å². The Kier molecular flexibility index (Phi) is 7.08. The van der Waals surface area contributed by atoms with Crippen LogP contribution in [0, 0.1) is 0 Å². The fourth-order valence-corrected chi connectivity index (χ4v) is 1.90. The van der Waals surface area contributed by atoms with Gasteiger partial charge in [0.15, 0.2) is 6.67 Å². The molecule has 110 valence electrons. The van der Waals surface area contributed by atoms with E-state index >= 15 is 0 Å². The van der Waals surface area contributed by atoms with Crippen LogP contribution in [-0.4, -0.2) is 61.7 Å². The topological polar surface area (TPSA) is 46.6 Å². The molecule has 0 atom stereocenters. The van der Waals surface area contributed by atoms with Gasteiger partial charge >= 0.3 is 5.97 Å². The molecular weight excluding hydrogens is 268 g/mol. The normalized spacial score (nSPS) is 15.1. The third-order valence-electron chi connectivity index (χ3n) is 3.00. The van der Waals surface area contributed by atoms with Gasteiger partial charge in [0.25, 0.3) is 0 Å². The molecule has 0 aromatic rings. The number of rotatable bonds is 6. The minimum Gasteiger partial charge on any atom is -1.00 e. The summed E-state index contributed by atoms with van der Waals surface area (Å²) in [4.78, 5) is 24.6. The van der Waals surface area contributed by atoms with E-state index in [2.05, 4.69) is 6.58 Å². The maximum absolute atomic E-state index is 11.5. The molecule has 1 rings (SSSR count). The summed E-state index contributed by atoms with van der Waals surface area (Å²) in [6.07, 6.45) is 1.61. The van der Waals surface area contributed by atoms with Crippen molar-refractivity contribution in [2.24, 2.45) is 0 Å². The highest BCUT2D eigenvalue weighted by Crippen LogP contribution is 2.12. The summed E-state index contributed by atoms with van der Waals surface area (Å²) in [5.74, 6) is -0.132. The van der Waals surface area contributed by atoms with E-state index in [9.17, 15) is 9.59 Å². The number of likely N-dealkylation sites (tertiary alicyclic amines) is 1. The van der Waals surface area contributed by atoms with E-state index in [1.807, 2.05) is 19.0 Å². The van der Waals surface area contributed by atoms with Crippen molar-refractivity contribution in [1.82, 2.24) is 4.90 Å². The van der Waals surface area contributed by atoms with Crippen LogP contribution < -0.4 is 12.4 Å². The monoisotopic (exact) mass is 290 g/mol. The van der Waals surface area contributed by atoms with Crippen molar-refractivity contribution in [2.75, 3.05) is 40.5 Å². The third kappa shape index (κ3) is 6.07. The first kappa shape index (κ1) is 17.9. The van der Waals surface area contributed by atoms with Crippen molar-refractivity contribution in [3.8, 4) is 0 Å². The Morgan fingerprint density at radius 3 is 2.58 bits per heavy atom. The number of esters is 1. The molecule has 0 aliphatic carbocycles. The molecule has 0 spiro atoms. The molecule has 0 aromatic heterocycles. The lowest BCUT2D eigenvalue weighted by Crippen LogP contribution is -3.00. The van der Waals surface area contributed by atoms with Gasteiger partial charge in [0, 0.05) is 18.5 Å². The van der Waals surface area contributed by atoms with E-state index in [1.165, 1.54) is 0 Å². The first-order chi connectivity index (χ1) is 8.32. The third-order valence-corrected chi connectivity index (χ3v) is 3.00. The zero-order chi connectivity index (χ0) is 13.8. The summed E-state index contributed by atoms with van der Waals surface area (Å²) in [6.45, 7) is 7.70. The van der Waals surface area contributed by atoms with Crippen molar-refractivity contribution >= 4 is 11.9 Å². The van der Waals surface area contributed by atoms with Crippen molar-refractivity contribution in [3.63, 3.8) is 0 Å². The number of ether oxygens (including phenoxy) is 1. The maximum atomic E-state index is 11.5. The van der Waals surface area contributed by atoms with Gasteiger partial charge < -0.3 is 21.6 Å². The molecule has 6 heteroatoms. The fourth-order valence-electron chi connectivity index (χ4n) is 1.90. The van der Waals surface area contributed by atoms with Crippen LogP contribution in [0.3, 0.4) is 0 Å². The number of carbonyl (C=O) groups is 2. The van der Waals surface area contributed by atoms with E-state index < -0.39 is 0 Å². The van der Waals surface area contributed by atoms with Gasteiger partial charge in [0.1, 0.15) is 13.2 Å². The number of nitrogens with zero attached hydrogens (tertiary/aromatic N) is 2. The summed E-state index contributed by atoms with van der Waals surface area (Å²) < 4.78 is 5.71. The average Bonchev–Trinajstić information content (AvgIpc) is 2.63. The molecule has 0 N–H and O–H groups in total. The molecule has 0 radical (unpaired) electrons. The lowest BCUT2D eigenvalue weighted by Gasteiger charge is -2.33. The van der Waals surface area contributed by atoms with Crippen molar-refractivity contribution in [1.29, 1.82) is 0 Å². The van der Waals surface area contributed by atoms with Crippen molar-refractivity contribution in [3.05, 3.63) is 12.2 Å². The zero-order valence-electron chi connectivity index (χ0n) is 11.9. The summed E-state index contributed by atoms with van der Waals surface area (Å²) >= 11 is 0. The number of carbonyl (C=O) groups excluding carboxylic acids is 2. The molecule has 1 amide bonds. The van der Waals surface area contributed by atoms with Crippen LogP contribution in [0.15, 0.2) is 12.2 Å². The largest absolute Gasteiger partial charge is 1.00 e. The van der Waals surface area contributed by atoms with Crippen LogP contribution in [0.4, 0.5) is 0 Å². The molecule has 1 heterocycles. The molecule has 5 nitrogen and oxygen atoms in total. The molecule has 1 saturated heterocycles. The van der Waals surface area contributed by atoms with Crippen LogP contribution in [0.5, 0.6) is 0 Å².